The molecule has 1 aromatic carbocycles. The minimum absolute atomic E-state index is 0.0327. The SMILES string of the molecule is CC(CO)N(C)CC(=O)Nc1nc2ccccc2s1. The van der Waals surface area contributed by atoms with Gasteiger partial charge in [0, 0.05) is 6.04 Å². The Balaban J connectivity index is 1.98. The summed E-state index contributed by atoms with van der Waals surface area (Å²) in [6, 6.07) is 7.72. The van der Waals surface area contributed by atoms with Gasteiger partial charge in [-0.15, -0.1) is 0 Å². The predicted octanol–water partition coefficient (Wildman–Crippen LogP) is 1.55. The van der Waals surface area contributed by atoms with Gasteiger partial charge >= 0.3 is 0 Å². The van der Waals surface area contributed by atoms with Crippen molar-refractivity contribution in [1.82, 2.24) is 9.88 Å². The predicted molar refractivity (Wildman–Crippen MR) is 77.4 cm³/mol. The number of benzene rings is 1. The minimum Gasteiger partial charge on any atom is -0.395 e. The Hall–Kier alpha value is -1.50. The molecule has 0 radical (unpaired) electrons. The number of anilines is 1. The summed E-state index contributed by atoms with van der Waals surface area (Å²) in [5.41, 5.74) is 0.889. The number of aliphatic hydroxyl groups excluding tert-OH is 1. The second-order valence-electron chi connectivity index (χ2n) is 4.48. The number of hydrogen-bond donors (Lipinski definition) is 2. The minimum atomic E-state index is -0.123. The zero-order valence-corrected chi connectivity index (χ0v) is 11.8. The lowest BCUT2D eigenvalue weighted by molar-refractivity contribution is -0.117. The fourth-order valence-electron chi connectivity index (χ4n) is 1.61. The zero-order valence-electron chi connectivity index (χ0n) is 11.0. The molecule has 102 valence electrons. The van der Waals surface area contributed by atoms with Gasteiger partial charge in [0.1, 0.15) is 0 Å². The van der Waals surface area contributed by atoms with Crippen molar-refractivity contribution in [2.24, 2.45) is 0 Å². The van der Waals surface area contributed by atoms with E-state index in [2.05, 4.69) is 10.3 Å². The molecule has 0 spiro atoms. The molecule has 0 aliphatic rings. The quantitative estimate of drug-likeness (QED) is 0.871. The Kier molecular flexibility index (Phi) is 4.47. The molecule has 1 heterocycles. The number of likely N-dealkylation sites (N-methyl/N-ethyl adjacent to an activating group) is 1. The van der Waals surface area contributed by atoms with Crippen LogP contribution in [0.3, 0.4) is 0 Å². The maximum atomic E-state index is 11.9. The topological polar surface area (TPSA) is 65.5 Å². The van der Waals surface area contributed by atoms with E-state index in [1.165, 1.54) is 11.3 Å². The number of fused-ring (bicyclic) bond motifs is 1. The molecule has 1 atom stereocenters. The van der Waals surface area contributed by atoms with Crippen molar-refractivity contribution < 1.29 is 9.90 Å². The van der Waals surface area contributed by atoms with E-state index in [1.807, 2.05) is 31.2 Å². The molecule has 0 saturated heterocycles. The second-order valence-corrected chi connectivity index (χ2v) is 5.51. The van der Waals surface area contributed by atoms with Gasteiger partial charge in [0.05, 0.1) is 23.4 Å². The first-order chi connectivity index (χ1) is 9.10. The number of aromatic nitrogens is 1. The van der Waals surface area contributed by atoms with Crippen LogP contribution in [0.15, 0.2) is 24.3 Å². The molecule has 2 aromatic rings. The third-order valence-corrected chi connectivity index (χ3v) is 3.90. The molecule has 0 aliphatic carbocycles. The highest BCUT2D eigenvalue weighted by molar-refractivity contribution is 7.22. The molecule has 1 unspecified atom stereocenters. The van der Waals surface area contributed by atoms with Crippen LogP contribution in [0.25, 0.3) is 10.2 Å². The standard InChI is InChI=1S/C13H17N3O2S/c1-9(8-17)16(2)7-12(18)15-13-14-10-5-3-4-6-11(10)19-13/h3-6,9,17H,7-8H2,1-2H3,(H,14,15,18). The molecule has 5 nitrogen and oxygen atoms in total. The van der Waals surface area contributed by atoms with Gasteiger partial charge in [0.25, 0.3) is 0 Å². The number of rotatable bonds is 5. The van der Waals surface area contributed by atoms with E-state index in [9.17, 15) is 4.79 Å². The summed E-state index contributed by atoms with van der Waals surface area (Å²) in [6.45, 7) is 2.13. The summed E-state index contributed by atoms with van der Waals surface area (Å²) in [4.78, 5) is 18.0. The van der Waals surface area contributed by atoms with Crippen LogP contribution in [-0.4, -0.2) is 47.1 Å². The van der Waals surface area contributed by atoms with Gasteiger partial charge in [0.2, 0.25) is 5.91 Å². The van der Waals surface area contributed by atoms with E-state index in [1.54, 1.807) is 11.9 Å². The lowest BCUT2D eigenvalue weighted by Crippen LogP contribution is -2.38. The van der Waals surface area contributed by atoms with Crippen LogP contribution in [0.2, 0.25) is 0 Å². The molecule has 0 fully saturated rings. The highest BCUT2D eigenvalue weighted by Crippen LogP contribution is 2.25. The summed E-state index contributed by atoms with van der Waals surface area (Å²) in [6.07, 6.45) is 0. The molecular weight excluding hydrogens is 262 g/mol. The number of nitrogens with zero attached hydrogens (tertiary/aromatic N) is 2. The number of thiazole rings is 1. The number of carbonyl (C=O) groups excluding carboxylic acids is 1. The van der Waals surface area contributed by atoms with Crippen molar-refractivity contribution >= 4 is 32.6 Å². The first-order valence-electron chi connectivity index (χ1n) is 6.06. The van der Waals surface area contributed by atoms with Gasteiger partial charge in [-0.3, -0.25) is 9.69 Å². The van der Waals surface area contributed by atoms with Crippen molar-refractivity contribution in [3.05, 3.63) is 24.3 Å². The number of amides is 1. The van der Waals surface area contributed by atoms with Gasteiger partial charge < -0.3 is 10.4 Å². The van der Waals surface area contributed by atoms with Crippen molar-refractivity contribution in [1.29, 1.82) is 0 Å². The van der Waals surface area contributed by atoms with E-state index in [-0.39, 0.29) is 25.1 Å². The van der Waals surface area contributed by atoms with Gasteiger partial charge in [-0.1, -0.05) is 23.5 Å². The Labute approximate surface area is 115 Å². The number of para-hydroxylation sites is 1. The lowest BCUT2D eigenvalue weighted by atomic mass is 10.3. The van der Waals surface area contributed by atoms with Crippen LogP contribution in [0.5, 0.6) is 0 Å². The first kappa shape index (κ1) is 13.9. The van der Waals surface area contributed by atoms with E-state index in [0.717, 1.165) is 10.2 Å². The van der Waals surface area contributed by atoms with Crippen LogP contribution in [-0.2, 0) is 4.79 Å². The van der Waals surface area contributed by atoms with Crippen molar-refractivity contribution in [2.45, 2.75) is 13.0 Å². The van der Waals surface area contributed by atoms with Crippen LogP contribution in [0.1, 0.15) is 6.92 Å². The maximum Gasteiger partial charge on any atom is 0.240 e. The normalized spacial score (nSPS) is 12.8. The summed E-state index contributed by atoms with van der Waals surface area (Å²) in [7, 11) is 1.80. The van der Waals surface area contributed by atoms with Gasteiger partial charge in [-0.05, 0) is 26.1 Å². The van der Waals surface area contributed by atoms with E-state index in [4.69, 9.17) is 5.11 Å². The Morgan fingerprint density at radius 1 is 1.53 bits per heavy atom. The molecule has 0 bridgehead atoms. The fraction of sp³-hybridized carbons (Fsp3) is 0.385. The molecule has 2 N–H and O–H groups in total. The fourth-order valence-corrected chi connectivity index (χ4v) is 2.49. The van der Waals surface area contributed by atoms with Gasteiger partial charge in [0.15, 0.2) is 5.13 Å². The third-order valence-electron chi connectivity index (χ3n) is 2.95. The third kappa shape index (κ3) is 3.50. The monoisotopic (exact) mass is 279 g/mol. The van der Waals surface area contributed by atoms with Crippen LogP contribution in [0, 0.1) is 0 Å². The molecular formula is C13H17N3O2S. The van der Waals surface area contributed by atoms with E-state index < -0.39 is 0 Å². The average Bonchev–Trinajstić information content (AvgIpc) is 2.79. The number of nitrogens with one attached hydrogen (secondary N) is 1. The number of hydrogen-bond acceptors (Lipinski definition) is 5. The van der Waals surface area contributed by atoms with Crippen LogP contribution in [0.4, 0.5) is 5.13 Å². The van der Waals surface area contributed by atoms with Gasteiger partial charge in [-0.2, -0.15) is 0 Å². The Bertz CT molecular complexity index is 537. The second kappa shape index (κ2) is 6.10. The summed E-state index contributed by atoms with van der Waals surface area (Å²) in [5, 5.41) is 12.4. The molecule has 0 saturated carbocycles. The molecule has 1 amide bonds. The summed E-state index contributed by atoms with van der Waals surface area (Å²) in [5.74, 6) is -0.123. The summed E-state index contributed by atoms with van der Waals surface area (Å²) >= 11 is 1.46. The Morgan fingerprint density at radius 3 is 2.95 bits per heavy atom. The highest BCUT2D eigenvalue weighted by atomic mass is 32.1. The van der Waals surface area contributed by atoms with Crippen LogP contribution < -0.4 is 5.32 Å². The van der Waals surface area contributed by atoms with Crippen molar-refractivity contribution in [2.75, 3.05) is 25.5 Å². The van der Waals surface area contributed by atoms with Crippen LogP contribution >= 0.6 is 11.3 Å². The average molecular weight is 279 g/mol. The molecule has 0 aliphatic heterocycles. The Morgan fingerprint density at radius 2 is 2.26 bits per heavy atom. The highest BCUT2D eigenvalue weighted by Gasteiger charge is 2.13. The van der Waals surface area contributed by atoms with Crippen molar-refractivity contribution in [3.8, 4) is 0 Å². The number of aliphatic hydroxyl groups is 1. The molecule has 6 heteroatoms. The number of carbonyl (C=O) groups is 1. The smallest absolute Gasteiger partial charge is 0.240 e. The zero-order chi connectivity index (χ0) is 13.8. The van der Waals surface area contributed by atoms with Gasteiger partial charge in [-0.25, -0.2) is 4.98 Å². The summed E-state index contributed by atoms with van der Waals surface area (Å²) < 4.78 is 1.05. The lowest BCUT2D eigenvalue weighted by Gasteiger charge is -2.21. The first-order valence-corrected chi connectivity index (χ1v) is 6.88. The largest absolute Gasteiger partial charge is 0.395 e. The maximum absolute atomic E-state index is 11.9. The van der Waals surface area contributed by atoms with E-state index in [0.29, 0.717) is 5.13 Å². The van der Waals surface area contributed by atoms with Crippen molar-refractivity contribution in [3.63, 3.8) is 0 Å². The molecule has 2 rings (SSSR count). The molecule has 19 heavy (non-hydrogen) atoms. The van der Waals surface area contributed by atoms with E-state index >= 15 is 0 Å². The molecule has 1 aromatic heterocycles.